The van der Waals surface area contributed by atoms with Gasteiger partial charge in [0.25, 0.3) is 0 Å². The van der Waals surface area contributed by atoms with Crippen LogP contribution in [0.1, 0.15) is 80.1 Å². The van der Waals surface area contributed by atoms with Crippen molar-refractivity contribution < 1.29 is 19.1 Å². The summed E-state index contributed by atoms with van der Waals surface area (Å²) >= 11 is 0. The van der Waals surface area contributed by atoms with Crippen molar-refractivity contribution in [3.63, 3.8) is 0 Å². The van der Waals surface area contributed by atoms with Gasteiger partial charge in [0.05, 0.1) is 0 Å². The molecule has 0 saturated carbocycles. The van der Waals surface area contributed by atoms with Gasteiger partial charge in [-0.15, -0.1) is 0 Å². The van der Waals surface area contributed by atoms with Crippen LogP contribution >= 0.6 is 0 Å². The summed E-state index contributed by atoms with van der Waals surface area (Å²) in [6, 6.07) is 2.66. The van der Waals surface area contributed by atoms with Crippen molar-refractivity contribution in [3.8, 4) is 0 Å². The third-order valence-electron chi connectivity index (χ3n) is 6.00. The molecule has 4 N–H and O–H groups in total. The van der Waals surface area contributed by atoms with E-state index < -0.39 is 11.2 Å². The van der Waals surface area contributed by atoms with Gasteiger partial charge >= 0.3 is 12.2 Å². The number of amides is 2. The summed E-state index contributed by atoms with van der Waals surface area (Å²) in [7, 11) is 0. The molecule has 6 atom stereocenters. The molecular formula is C22H40N4O4. The Morgan fingerprint density at radius 1 is 0.700 bits per heavy atom. The zero-order chi connectivity index (χ0) is 22.1. The third-order valence-corrected chi connectivity index (χ3v) is 6.00. The fraction of sp³-hybridized carbons (Fsp3) is 0.909. The van der Waals surface area contributed by atoms with Crippen LogP contribution in [-0.4, -0.2) is 59.6 Å². The first-order chi connectivity index (χ1) is 13.9. The van der Waals surface area contributed by atoms with Crippen molar-refractivity contribution in [3.05, 3.63) is 0 Å². The van der Waals surface area contributed by atoms with E-state index in [-0.39, 0.29) is 24.3 Å². The van der Waals surface area contributed by atoms with Gasteiger partial charge in [-0.3, -0.25) is 0 Å². The smallest absolute Gasteiger partial charge is 0.407 e. The second-order valence-electron chi connectivity index (χ2n) is 11.1. The van der Waals surface area contributed by atoms with E-state index in [1.807, 2.05) is 41.5 Å². The van der Waals surface area contributed by atoms with E-state index >= 15 is 0 Å². The number of hydrogen-bond donors (Lipinski definition) is 4. The van der Waals surface area contributed by atoms with E-state index in [0.29, 0.717) is 24.2 Å². The summed E-state index contributed by atoms with van der Waals surface area (Å²) in [5.74, 6) is 0. The second kappa shape index (κ2) is 8.91. The Kier molecular flexibility index (Phi) is 6.87. The van der Waals surface area contributed by atoms with Crippen LogP contribution in [0.5, 0.6) is 0 Å². The lowest BCUT2D eigenvalue weighted by Gasteiger charge is -2.25. The van der Waals surface area contributed by atoms with E-state index in [0.717, 1.165) is 12.8 Å². The number of alkyl carbamates (subject to hydrolysis) is 2. The van der Waals surface area contributed by atoms with Crippen LogP contribution in [0.4, 0.5) is 9.59 Å². The van der Waals surface area contributed by atoms with Gasteiger partial charge in [-0.05, 0) is 80.1 Å². The molecule has 172 valence electrons. The SMILES string of the molecule is CC(C)(C)OC(=O)N[C@@H]1C[C@H]2CC[C@@H]1N2.CC(C)(C)OC(=O)N[C@H]1C[C@@H]2CC[C@H]1N2. The number of fused-ring (bicyclic) bond motifs is 4. The summed E-state index contributed by atoms with van der Waals surface area (Å²) in [6.45, 7) is 11.3. The van der Waals surface area contributed by atoms with Gasteiger partial charge < -0.3 is 30.7 Å². The third kappa shape index (κ3) is 6.74. The Morgan fingerprint density at radius 3 is 1.30 bits per heavy atom. The molecule has 30 heavy (non-hydrogen) atoms. The van der Waals surface area contributed by atoms with Crippen molar-refractivity contribution in [2.45, 2.75) is 128 Å². The minimum absolute atomic E-state index is 0.263. The molecule has 0 spiro atoms. The first-order valence-corrected chi connectivity index (χ1v) is 11.4. The maximum Gasteiger partial charge on any atom is 0.407 e. The van der Waals surface area contributed by atoms with Gasteiger partial charge in [0.1, 0.15) is 11.2 Å². The van der Waals surface area contributed by atoms with Crippen molar-refractivity contribution in [2.75, 3.05) is 0 Å². The summed E-state index contributed by atoms with van der Waals surface area (Å²) in [5.41, 5.74) is -0.815. The van der Waals surface area contributed by atoms with Crippen molar-refractivity contribution in [1.82, 2.24) is 21.3 Å². The Morgan fingerprint density at radius 2 is 1.07 bits per heavy atom. The standard InChI is InChI=1S/2C11H20N2O2/c2*1-11(2,3)15-10(14)13-9-6-7-4-5-8(9)12-7/h2*7-9,12H,4-6H2,1-3H3,(H,13,14)/t2*7-,8+,9-/m10/s1. The fourth-order valence-corrected chi connectivity index (χ4v) is 4.89. The van der Waals surface area contributed by atoms with E-state index in [9.17, 15) is 9.59 Å². The molecule has 2 amide bonds. The zero-order valence-electron chi connectivity index (χ0n) is 19.3. The lowest BCUT2D eigenvalue weighted by atomic mass is 9.96. The Bertz CT molecular complexity index is 574. The minimum atomic E-state index is -0.408. The van der Waals surface area contributed by atoms with E-state index in [1.54, 1.807) is 0 Å². The lowest BCUT2D eigenvalue weighted by molar-refractivity contribution is 0.0485. The molecular weight excluding hydrogens is 384 g/mol. The molecule has 4 bridgehead atoms. The molecule has 8 nitrogen and oxygen atoms in total. The number of rotatable bonds is 2. The topological polar surface area (TPSA) is 101 Å². The number of nitrogens with one attached hydrogen (secondary N) is 4. The molecule has 4 fully saturated rings. The monoisotopic (exact) mass is 424 g/mol. The highest BCUT2D eigenvalue weighted by Gasteiger charge is 2.41. The molecule has 4 aliphatic heterocycles. The van der Waals surface area contributed by atoms with E-state index in [4.69, 9.17) is 9.47 Å². The summed E-state index contributed by atoms with van der Waals surface area (Å²) in [5, 5.41) is 12.8. The Hall–Kier alpha value is -1.54. The molecule has 0 radical (unpaired) electrons. The highest BCUT2D eigenvalue weighted by molar-refractivity contribution is 5.68. The maximum absolute atomic E-state index is 11.5. The van der Waals surface area contributed by atoms with E-state index in [2.05, 4.69) is 21.3 Å². The Labute approximate surface area is 180 Å². The normalized spacial score (nSPS) is 34.2. The van der Waals surface area contributed by atoms with Crippen LogP contribution in [0.25, 0.3) is 0 Å². The molecule has 4 aliphatic rings. The molecule has 8 heteroatoms. The van der Waals surface area contributed by atoms with Crippen molar-refractivity contribution in [1.29, 1.82) is 0 Å². The average Bonchev–Trinajstić information content (AvgIpc) is 3.32. The van der Waals surface area contributed by atoms with Gasteiger partial charge in [0.2, 0.25) is 0 Å². The van der Waals surface area contributed by atoms with E-state index in [1.165, 1.54) is 25.7 Å². The molecule has 4 saturated heterocycles. The van der Waals surface area contributed by atoms with Crippen molar-refractivity contribution >= 4 is 12.2 Å². The number of carbonyl (C=O) groups excluding carboxylic acids is 2. The number of hydrogen-bond acceptors (Lipinski definition) is 6. The first kappa shape index (κ1) is 23.1. The molecule has 4 rings (SSSR count). The van der Waals surface area contributed by atoms with Crippen LogP contribution < -0.4 is 21.3 Å². The van der Waals surface area contributed by atoms with Crippen LogP contribution in [0.2, 0.25) is 0 Å². The van der Waals surface area contributed by atoms with Crippen LogP contribution in [0, 0.1) is 0 Å². The molecule has 0 unspecified atom stereocenters. The van der Waals surface area contributed by atoms with Gasteiger partial charge in [-0.2, -0.15) is 0 Å². The first-order valence-electron chi connectivity index (χ1n) is 11.4. The van der Waals surface area contributed by atoms with Gasteiger partial charge in [-0.25, -0.2) is 9.59 Å². The summed E-state index contributed by atoms with van der Waals surface area (Å²) in [4.78, 5) is 23.1. The highest BCUT2D eigenvalue weighted by atomic mass is 16.6. The number of carbonyl (C=O) groups is 2. The number of ether oxygens (including phenoxy) is 2. The lowest BCUT2D eigenvalue weighted by Crippen LogP contribution is -2.45. The average molecular weight is 425 g/mol. The molecule has 0 aromatic carbocycles. The minimum Gasteiger partial charge on any atom is -0.444 e. The maximum atomic E-state index is 11.5. The predicted molar refractivity (Wildman–Crippen MR) is 115 cm³/mol. The zero-order valence-corrected chi connectivity index (χ0v) is 19.3. The van der Waals surface area contributed by atoms with Crippen LogP contribution in [0.3, 0.4) is 0 Å². The molecule has 4 heterocycles. The summed E-state index contributed by atoms with van der Waals surface area (Å²) < 4.78 is 10.5. The van der Waals surface area contributed by atoms with Crippen LogP contribution in [0.15, 0.2) is 0 Å². The molecule has 0 aromatic heterocycles. The van der Waals surface area contributed by atoms with Crippen molar-refractivity contribution in [2.24, 2.45) is 0 Å². The van der Waals surface area contributed by atoms with Gasteiger partial charge in [-0.1, -0.05) is 0 Å². The summed E-state index contributed by atoms with van der Waals surface area (Å²) in [6.07, 6.45) is 6.35. The van der Waals surface area contributed by atoms with Gasteiger partial charge in [0, 0.05) is 36.3 Å². The largest absolute Gasteiger partial charge is 0.444 e. The quantitative estimate of drug-likeness (QED) is 0.544. The predicted octanol–water partition coefficient (Wildman–Crippen LogP) is 2.81. The fourth-order valence-electron chi connectivity index (χ4n) is 4.89. The Balaban J connectivity index is 0.000000171. The van der Waals surface area contributed by atoms with Crippen LogP contribution in [-0.2, 0) is 9.47 Å². The highest BCUT2D eigenvalue weighted by Crippen LogP contribution is 2.29. The van der Waals surface area contributed by atoms with Gasteiger partial charge in [0.15, 0.2) is 0 Å². The molecule has 0 aromatic rings. The second-order valence-corrected chi connectivity index (χ2v) is 11.1. The molecule has 0 aliphatic carbocycles.